The van der Waals surface area contributed by atoms with Crippen molar-refractivity contribution in [2.45, 2.75) is 87.3 Å². The molecule has 3 fully saturated rings. The van der Waals surface area contributed by atoms with Crippen LogP contribution in [0.5, 0.6) is 23.0 Å². The van der Waals surface area contributed by atoms with E-state index in [2.05, 4.69) is 82.8 Å². The van der Waals surface area contributed by atoms with Crippen molar-refractivity contribution in [3.05, 3.63) is 179 Å². The van der Waals surface area contributed by atoms with Gasteiger partial charge in [-0.15, -0.1) is 0 Å². The number of oxime groups is 1. The van der Waals surface area contributed by atoms with Crippen LogP contribution in [0.3, 0.4) is 0 Å². The maximum atomic E-state index is 14.5. The van der Waals surface area contributed by atoms with Gasteiger partial charge in [-0.3, -0.25) is 24.6 Å². The number of carbonyl (C=O) groups is 6. The zero-order valence-corrected chi connectivity index (χ0v) is 59.1. The number of nitrogen functional groups attached to an aromatic ring is 1. The normalized spacial score (nSPS) is 16.9. The molecule has 1 unspecified atom stereocenters. The molecule has 11 rings (SSSR count). The predicted octanol–water partition coefficient (Wildman–Crippen LogP) is 12.4. The number of alkyl carbamates (subject to hydrolysis) is 1. The summed E-state index contributed by atoms with van der Waals surface area (Å²) in [6.45, 7) is 14.4. The van der Waals surface area contributed by atoms with Crippen LogP contribution in [0.4, 0.5) is 25.8 Å². The molecule has 0 bridgehead atoms. The molecule has 0 spiro atoms. The first-order valence-corrected chi connectivity index (χ1v) is 36.1. The lowest BCUT2D eigenvalue weighted by atomic mass is 9.98. The monoisotopic (exact) mass is 1410 g/mol. The molecule has 101 heavy (non-hydrogen) atoms. The summed E-state index contributed by atoms with van der Waals surface area (Å²) in [4.78, 5) is 91.7. The van der Waals surface area contributed by atoms with Crippen LogP contribution in [0, 0.1) is 0 Å². The molecular weight excluding hydrogens is 1330 g/mol. The van der Waals surface area contributed by atoms with E-state index in [-0.39, 0.29) is 130 Å². The van der Waals surface area contributed by atoms with Crippen molar-refractivity contribution in [1.82, 2.24) is 25.3 Å². The highest BCUT2D eigenvalue weighted by Crippen LogP contribution is 2.47. The highest BCUT2D eigenvalue weighted by Gasteiger charge is 2.46. The van der Waals surface area contributed by atoms with Crippen LogP contribution < -0.4 is 40.6 Å². The molecule has 6 aromatic rings. The van der Waals surface area contributed by atoms with Crippen molar-refractivity contribution in [2.75, 3.05) is 110 Å². The fourth-order valence-electron chi connectivity index (χ4n) is 13.4. The maximum absolute atomic E-state index is 14.5. The Balaban J connectivity index is 0.632. The molecule has 3 aliphatic heterocycles. The van der Waals surface area contributed by atoms with Crippen LogP contribution >= 0.6 is 21.6 Å². The largest absolute Gasteiger partial charge is 0.493 e. The van der Waals surface area contributed by atoms with Crippen molar-refractivity contribution in [3.63, 3.8) is 0 Å². The first kappa shape index (κ1) is 72.4. The van der Waals surface area contributed by atoms with Gasteiger partial charge < -0.3 is 68.9 Å². The van der Waals surface area contributed by atoms with Crippen LogP contribution in [-0.2, 0) is 28.6 Å². The predicted molar refractivity (Wildman–Crippen MR) is 389 cm³/mol. The molecule has 25 heteroatoms. The van der Waals surface area contributed by atoms with Crippen LogP contribution in [0.2, 0.25) is 0 Å². The summed E-state index contributed by atoms with van der Waals surface area (Å²) in [6.07, 6.45) is 1.79. The molecule has 3 heterocycles. The summed E-state index contributed by atoms with van der Waals surface area (Å²) < 4.78 is 47.0. The lowest BCUT2D eigenvalue weighted by Crippen LogP contribution is -2.51. The standard InChI is InChI=1S/C76H86N8O15S2/c1-47-35-49(41-80-93-7)83(42-47)71(87)59-38-66(92-6)68(40-63(59)81-74(89)99-46-76(3,4)101-100-34-27-69(85)78-28-29-79-73(88)97-44-60-54-23-13-9-19-50(54)51-20-10-14-24-55(51)60)95-32-18-8-17-31-94-67-39-62(77)58(37-65(67)91-5)70(86)84-43-48(2)36-64(84)72-82(30-33-96-72)75(90)98-45-61-56-25-15-11-21-52(56)53-22-12-16-26-57(53)61/h9-16,19-26,37-41,49,60-61,64,72H,1-2,8,17-18,27-36,42-46,77H2,3-7H3,(H,78,85)(H,79,88)(H,81,89)/b80-41+/t49-,64-,72?/m0/s1. The Bertz CT molecular complexity index is 4000. The summed E-state index contributed by atoms with van der Waals surface area (Å²) in [5, 5.41) is 12.3. The molecule has 3 atom stereocenters. The van der Waals surface area contributed by atoms with E-state index in [4.69, 9.17) is 48.5 Å². The van der Waals surface area contributed by atoms with Gasteiger partial charge in [0.25, 0.3) is 11.8 Å². The molecule has 0 saturated carbocycles. The minimum absolute atomic E-state index is 0.0224. The Morgan fingerprint density at radius 3 is 1.79 bits per heavy atom. The topological polar surface area (TPSA) is 270 Å². The third-order valence-electron chi connectivity index (χ3n) is 18.2. The molecule has 5 aliphatic rings. The molecule has 532 valence electrons. The first-order chi connectivity index (χ1) is 48.9. The number of amides is 6. The number of hydrogen-bond donors (Lipinski definition) is 4. The van der Waals surface area contributed by atoms with Gasteiger partial charge in [0, 0.05) is 68.0 Å². The molecule has 6 aromatic carbocycles. The van der Waals surface area contributed by atoms with E-state index in [1.165, 1.54) is 61.3 Å². The lowest BCUT2D eigenvalue weighted by molar-refractivity contribution is -0.120. The number of methoxy groups -OCH3 is 2. The van der Waals surface area contributed by atoms with E-state index in [0.717, 1.165) is 55.7 Å². The maximum Gasteiger partial charge on any atom is 0.412 e. The van der Waals surface area contributed by atoms with E-state index >= 15 is 0 Å². The van der Waals surface area contributed by atoms with E-state index in [1.54, 1.807) is 26.8 Å². The van der Waals surface area contributed by atoms with Crippen LogP contribution in [-0.4, -0.2) is 179 Å². The van der Waals surface area contributed by atoms with Gasteiger partial charge in [-0.25, -0.2) is 14.4 Å². The van der Waals surface area contributed by atoms with Gasteiger partial charge >= 0.3 is 18.3 Å². The van der Waals surface area contributed by atoms with Crippen molar-refractivity contribution in [2.24, 2.45) is 5.16 Å². The van der Waals surface area contributed by atoms with Crippen molar-refractivity contribution in [3.8, 4) is 45.3 Å². The average Bonchev–Trinajstić information content (AvgIpc) is 1.65. The summed E-state index contributed by atoms with van der Waals surface area (Å²) in [5.74, 6) is 0.489. The second-order valence-electron chi connectivity index (χ2n) is 25.7. The zero-order valence-electron chi connectivity index (χ0n) is 57.5. The minimum atomic E-state index is -0.815. The van der Waals surface area contributed by atoms with Crippen LogP contribution in [0.25, 0.3) is 22.3 Å². The van der Waals surface area contributed by atoms with Crippen LogP contribution in [0.15, 0.2) is 151 Å². The van der Waals surface area contributed by atoms with Crippen LogP contribution in [0.1, 0.15) is 107 Å². The number of likely N-dealkylation sites (tertiary alicyclic amines) is 2. The summed E-state index contributed by atoms with van der Waals surface area (Å²) in [5.41, 5.74) is 17.9. The van der Waals surface area contributed by atoms with E-state index in [9.17, 15) is 28.8 Å². The number of unbranched alkanes of at least 4 members (excludes halogenated alkanes) is 2. The van der Waals surface area contributed by atoms with E-state index in [1.807, 2.05) is 62.4 Å². The molecule has 3 saturated heterocycles. The molecule has 6 amide bonds. The second kappa shape index (κ2) is 33.5. The second-order valence-corrected chi connectivity index (χ2v) is 28.8. The fraction of sp³-hybridized carbons (Fsp3) is 0.382. The number of ether oxygens (including phenoxy) is 8. The van der Waals surface area contributed by atoms with Crippen molar-refractivity contribution >= 4 is 75.2 Å². The third kappa shape index (κ3) is 17.3. The summed E-state index contributed by atoms with van der Waals surface area (Å²) >= 11 is 0. The zero-order chi connectivity index (χ0) is 71.2. The van der Waals surface area contributed by atoms with Crippen molar-refractivity contribution < 1.29 is 71.5 Å². The Morgan fingerprint density at radius 2 is 1.19 bits per heavy atom. The molecule has 2 aliphatic carbocycles. The van der Waals surface area contributed by atoms with Gasteiger partial charge in [-0.1, -0.05) is 148 Å². The van der Waals surface area contributed by atoms with Gasteiger partial charge in [0.05, 0.1) is 80.4 Å². The Labute approximate surface area is 596 Å². The first-order valence-electron chi connectivity index (χ1n) is 33.7. The fourth-order valence-corrected chi connectivity index (χ4v) is 15.7. The van der Waals surface area contributed by atoms with E-state index in [0.29, 0.717) is 55.9 Å². The van der Waals surface area contributed by atoms with Crippen molar-refractivity contribution in [1.29, 1.82) is 0 Å². The highest BCUT2D eigenvalue weighted by atomic mass is 33.1. The van der Waals surface area contributed by atoms with Gasteiger partial charge in [0.2, 0.25) is 5.91 Å². The Hall–Kier alpha value is -9.85. The molecular formula is C76H86N8O15S2. The number of fused-ring (bicyclic) bond motifs is 6. The molecule has 23 nitrogen and oxygen atoms in total. The lowest BCUT2D eigenvalue weighted by Gasteiger charge is -2.33. The Morgan fingerprint density at radius 1 is 0.644 bits per heavy atom. The van der Waals surface area contributed by atoms with Gasteiger partial charge in [-0.05, 0) is 103 Å². The SMILES string of the molecule is C=C1C[C@@H](/C=N/OC)N(C(=O)c2cc(OC)c(OCCCCCOc3cc(N)c(C(=O)N4CC(=C)C[C@H]4C4OCCN4C(=O)OCC4c5ccccc5-c5ccccc54)cc3OC)cc2NC(=O)OCC(C)(C)SSCCC(=O)NCCNC(=O)OCC2c3ccccc3-c3ccccc32)C1. The molecule has 5 N–H and O–H groups in total. The third-order valence-corrected chi connectivity index (χ3v) is 21.5. The number of nitrogens with one attached hydrogen (secondary N) is 3. The Kier molecular flexibility index (Phi) is 24.0. The molecule has 0 radical (unpaired) electrons. The summed E-state index contributed by atoms with van der Waals surface area (Å²) in [6, 6.07) is 37.7. The number of rotatable bonds is 30. The van der Waals surface area contributed by atoms with Gasteiger partial charge in [0.1, 0.15) is 26.9 Å². The number of hydrogen-bond acceptors (Lipinski definition) is 19. The number of nitrogens with two attached hydrogens (primary N) is 1. The highest BCUT2D eigenvalue weighted by molar-refractivity contribution is 8.77. The van der Waals surface area contributed by atoms with Gasteiger partial charge in [0.15, 0.2) is 29.2 Å². The van der Waals surface area contributed by atoms with E-state index < -0.39 is 47.2 Å². The number of benzene rings is 6. The quantitative estimate of drug-likeness (QED) is 0.00621. The van der Waals surface area contributed by atoms with Gasteiger partial charge in [-0.2, -0.15) is 0 Å². The smallest absolute Gasteiger partial charge is 0.412 e. The number of anilines is 2. The number of nitrogens with zero attached hydrogens (tertiary/aromatic N) is 4. The minimum Gasteiger partial charge on any atom is -0.493 e. The number of carbonyl (C=O) groups excluding carboxylic acids is 6. The average molecular weight is 1420 g/mol. The molecule has 0 aromatic heterocycles. The summed E-state index contributed by atoms with van der Waals surface area (Å²) in [7, 11) is 7.27.